The van der Waals surface area contributed by atoms with E-state index >= 15 is 0 Å². The fourth-order valence-corrected chi connectivity index (χ4v) is 5.36. The molecule has 0 radical (unpaired) electrons. The first kappa shape index (κ1) is 20.3. The zero-order valence-electron chi connectivity index (χ0n) is 14.0. The smallest absolute Gasteiger partial charge is 0.243 e. The summed E-state index contributed by atoms with van der Waals surface area (Å²) in [5.41, 5.74) is 7.08. The van der Waals surface area contributed by atoms with Crippen LogP contribution in [0.25, 0.3) is 0 Å². The molecule has 2 atom stereocenters. The largest absolute Gasteiger partial charge is 0.330 e. The lowest BCUT2D eigenvalue weighted by molar-refractivity contribution is 0.459. The summed E-state index contributed by atoms with van der Waals surface area (Å²) in [6.45, 7) is 1.44. The average Bonchev–Trinajstić information content (AvgIpc) is 3.07. The number of hydrogen-bond acceptors (Lipinski definition) is 4. The maximum atomic E-state index is 13.0. The molecule has 7 heteroatoms. The molecule has 0 aromatic heterocycles. The highest BCUT2D eigenvalue weighted by Crippen LogP contribution is 2.35. The van der Waals surface area contributed by atoms with Gasteiger partial charge in [0.1, 0.15) is 0 Å². The second kappa shape index (κ2) is 8.56. The van der Waals surface area contributed by atoms with Crippen molar-refractivity contribution in [2.75, 3.05) is 25.9 Å². The molecule has 0 unspecified atom stereocenters. The number of halogens is 1. The molecule has 2 N–H and O–H groups in total. The molecule has 1 aliphatic heterocycles. The van der Waals surface area contributed by atoms with E-state index in [-0.39, 0.29) is 24.2 Å². The Labute approximate surface area is 160 Å². The third kappa shape index (κ3) is 4.20. The van der Waals surface area contributed by atoms with Crippen LogP contribution in [0.1, 0.15) is 11.5 Å². The van der Waals surface area contributed by atoms with Crippen molar-refractivity contribution >= 4 is 34.2 Å². The Kier molecular flexibility index (Phi) is 6.93. The molecule has 3 rings (SSSR count). The van der Waals surface area contributed by atoms with Crippen molar-refractivity contribution in [3.05, 3.63) is 60.2 Å². The van der Waals surface area contributed by atoms with Gasteiger partial charge >= 0.3 is 0 Å². The fourth-order valence-electron chi connectivity index (χ4n) is 3.26. The Morgan fingerprint density at radius 2 is 1.84 bits per heavy atom. The number of hydrogen-bond donors (Lipinski definition) is 1. The van der Waals surface area contributed by atoms with Crippen LogP contribution in [0.5, 0.6) is 0 Å². The number of rotatable bonds is 5. The predicted molar refractivity (Wildman–Crippen MR) is 106 cm³/mol. The number of thioether (sulfide) groups is 1. The van der Waals surface area contributed by atoms with E-state index in [1.807, 2.05) is 30.5 Å². The van der Waals surface area contributed by atoms with Crippen LogP contribution in [-0.4, -0.2) is 38.6 Å². The van der Waals surface area contributed by atoms with Gasteiger partial charge in [0, 0.05) is 23.9 Å². The topological polar surface area (TPSA) is 63.4 Å². The van der Waals surface area contributed by atoms with Crippen LogP contribution in [0, 0.1) is 5.92 Å². The Hall–Kier alpha value is -1.05. The highest BCUT2D eigenvalue weighted by molar-refractivity contribution is 7.98. The SMILES string of the molecule is CSc1cccc(S(=O)(=O)N2C[C@@H](CN)[C@H](c3ccccc3)C2)c1.Cl. The van der Waals surface area contributed by atoms with E-state index in [0.717, 1.165) is 10.5 Å². The third-order valence-corrected chi connectivity index (χ3v) is 7.17. The Bertz CT molecular complexity index is 800. The minimum absolute atomic E-state index is 0. The lowest BCUT2D eigenvalue weighted by Crippen LogP contribution is -2.30. The molecule has 1 saturated heterocycles. The minimum atomic E-state index is -3.49. The van der Waals surface area contributed by atoms with Gasteiger partial charge in [-0.3, -0.25) is 0 Å². The average molecular weight is 399 g/mol. The number of sulfonamides is 1. The molecule has 136 valence electrons. The van der Waals surface area contributed by atoms with E-state index in [1.54, 1.807) is 34.3 Å². The van der Waals surface area contributed by atoms with Crippen LogP contribution >= 0.6 is 24.2 Å². The van der Waals surface area contributed by atoms with Crippen molar-refractivity contribution in [2.24, 2.45) is 11.7 Å². The molecular formula is C18H23ClN2O2S2. The highest BCUT2D eigenvalue weighted by atomic mass is 35.5. The van der Waals surface area contributed by atoms with Crippen LogP contribution < -0.4 is 5.73 Å². The number of nitrogens with zero attached hydrogens (tertiary/aromatic N) is 1. The predicted octanol–water partition coefficient (Wildman–Crippen LogP) is 3.19. The third-order valence-electron chi connectivity index (χ3n) is 4.62. The zero-order valence-corrected chi connectivity index (χ0v) is 16.5. The van der Waals surface area contributed by atoms with E-state index in [0.29, 0.717) is 24.5 Å². The van der Waals surface area contributed by atoms with Crippen molar-refractivity contribution in [1.29, 1.82) is 0 Å². The summed E-state index contributed by atoms with van der Waals surface area (Å²) >= 11 is 1.54. The molecule has 1 fully saturated rings. The number of benzene rings is 2. The standard InChI is InChI=1S/C18H22N2O2S2.ClH/c1-23-16-8-5-9-17(10-16)24(21,22)20-12-15(11-19)18(13-20)14-6-3-2-4-7-14;/h2-10,15,18H,11-13,19H2,1H3;1H/t15-,18+;/m1./s1. The van der Waals surface area contributed by atoms with Crippen molar-refractivity contribution < 1.29 is 8.42 Å². The van der Waals surface area contributed by atoms with Crippen molar-refractivity contribution in [1.82, 2.24) is 4.31 Å². The van der Waals surface area contributed by atoms with Gasteiger partial charge in [0.05, 0.1) is 4.90 Å². The van der Waals surface area contributed by atoms with Gasteiger partial charge < -0.3 is 5.73 Å². The van der Waals surface area contributed by atoms with E-state index in [9.17, 15) is 8.42 Å². The summed E-state index contributed by atoms with van der Waals surface area (Å²) in [6, 6.07) is 17.2. The second-order valence-corrected chi connectivity index (χ2v) is 8.83. The summed E-state index contributed by atoms with van der Waals surface area (Å²) in [5, 5.41) is 0. The van der Waals surface area contributed by atoms with E-state index < -0.39 is 10.0 Å². The number of nitrogens with two attached hydrogens (primary N) is 1. The van der Waals surface area contributed by atoms with E-state index in [4.69, 9.17) is 5.73 Å². The van der Waals surface area contributed by atoms with E-state index in [2.05, 4.69) is 12.1 Å². The van der Waals surface area contributed by atoms with Gasteiger partial charge in [-0.15, -0.1) is 24.2 Å². The van der Waals surface area contributed by atoms with E-state index in [1.165, 1.54) is 0 Å². The first-order valence-corrected chi connectivity index (χ1v) is 10.6. The first-order chi connectivity index (χ1) is 11.6. The molecule has 1 aliphatic rings. The van der Waals surface area contributed by atoms with Crippen molar-refractivity contribution in [3.8, 4) is 0 Å². The Morgan fingerprint density at radius 3 is 2.48 bits per heavy atom. The van der Waals surface area contributed by atoms with Gasteiger partial charge in [-0.2, -0.15) is 4.31 Å². The normalized spacial score (nSPS) is 21.0. The van der Waals surface area contributed by atoms with Gasteiger partial charge in [-0.25, -0.2) is 8.42 Å². The molecular weight excluding hydrogens is 376 g/mol. The van der Waals surface area contributed by atoms with Crippen molar-refractivity contribution in [2.45, 2.75) is 15.7 Å². The molecule has 1 heterocycles. The van der Waals surface area contributed by atoms with Crippen LogP contribution in [0.4, 0.5) is 0 Å². The molecule has 2 aromatic carbocycles. The Morgan fingerprint density at radius 1 is 1.12 bits per heavy atom. The Balaban J connectivity index is 0.00000225. The summed E-state index contributed by atoms with van der Waals surface area (Å²) in [7, 11) is -3.49. The summed E-state index contributed by atoms with van der Waals surface area (Å²) in [4.78, 5) is 1.31. The summed E-state index contributed by atoms with van der Waals surface area (Å²) in [6.07, 6.45) is 1.94. The molecule has 2 aromatic rings. The molecule has 0 spiro atoms. The van der Waals surface area contributed by atoms with Crippen LogP contribution in [0.2, 0.25) is 0 Å². The molecule has 0 amide bonds. The van der Waals surface area contributed by atoms with Crippen LogP contribution in [0.3, 0.4) is 0 Å². The van der Waals surface area contributed by atoms with Crippen molar-refractivity contribution in [3.63, 3.8) is 0 Å². The van der Waals surface area contributed by atoms with Gasteiger partial charge in [-0.1, -0.05) is 36.4 Å². The lowest BCUT2D eigenvalue weighted by Gasteiger charge is -2.17. The maximum absolute atomic E-state index is 13.0. The minimum Gasteiger partial charge on any atom is -0.330 e. The van der Waals surface area contributed by atoms with Gasteiger partial charge in [-0.05, 0) is 42.5 Å². The molecule has 0 aliphatic carbocycles. The molecule has 0 bridgehead atoms. The second-order valence-electron chi connectivity index (χ2n) is 6.01. The molecule has 0 saturated carbocycles. The van der Waals surface area contributed by atoms with Gasteiger partial charge in [0.2, 0.25) is 10.0 Å². The van der Waals surface area contributed by atoms with Gasteiger partial charge in [0.15, 0.2) is 0 Å². The monoisotopic (exact) mass is 398 g/mol. The summed E-state index contributed by atoms with van der Waals surface area (Å²) < 4.78 is 27.6. The zero-order chi connectivity index (χ0) is 17.2. The highest BCUT2D eigenvalue weighted by Gasteiger charge is 2.39. The first-order valence-electron chi connectivity index (χ1n) is 7.95. The molecule has 4 nitrogen and oxygen atoms in total. The fraction of sp³-hybridized carbons (Fsp3) is 0.333. The van der Waals surface area contributed by atoms with Crippen LogP contribution in [-0.2, 0) is 10.0 Å². The lowest BCUT2D eigenvalue weighted by atomic mass is 9.89. The quantitative estimate of drug-likeness (QED) is 0.785. The maximum Gasteiger partial charge on any atom is 0.243 e. The van der Waals surface area contributed by atoms with Gasteiger partial charge in [0.25, 0.3) is 0 Å². The molecule has 25 heavy (non-hydrogen) atoms. The summed E-state index contributed by atoms with van der Waals surface area (Å²) in [5.74, 6) is 0.292. The van der Waals surface area contributed by atoms with Crippen LogP contribution in [0.15, 0.2) is 64.4 Å².